The van der Waals surface area contributed by atoms with Crippen molar-refractivity contribution in [2.75, 3.05) is 10.6 Å². The molecule has 1 amide bonds. The van der Waals surface area contributed by atoms with E-state index in [1.165, 1.54) is 0 Å². The topological polar surface area (TPSA) is 41.1 Å². The molecule has 0 fully saturated rings. The molecule has 19 heavy (non-hydrogen) atoms. The van der Waals surface area contributed by atoms with Crippen LogP contribution in [0.2, 0.25) is 5.02 Å². The first kappa shape index (κ1) is 12.5. The molecule has 1 heterocycles. The number of halogens is 2. The van der Waals surface area contributed by atoms with Gasteiger partial charge in [0, 0.05) is 26.4 Å². The van der Waals surface area contributed by atoms with E-state index in [1.54, 1.807) is 12.1 Å². The second kappa shape index (κ2) is 4.87. The van der Waals surface area contributed by atoms with E-state index in [0.29, 0.717) is 5.02 Å². The highest BCUT2D eigenvalue weighted by molar-refractivity contribution is 9.10. The van der Waals surface area contributed by atoms with E-state index < -0.39 is 0 Å². The van der Waals surface area contributed by atoms with Gasteiger partial charge in [0.1, 0.15) is 6.04 Å². The predicted octanol–water partition coefficient (Wildman–Crippen LogP) is 4.21. The normalized spacial score (nSPS) is 16.9. The van der Waals surface area contributed by atoms with Gasteiger partial charge in [0.15, 0.2) is 0 Å². The molecule has 0 radical (unpaired) electrons. The van der Waals surface area contributed by atoms with Gasteiger partial charge in [-0.2, -0.15) is 0 Å². The molecule has 3 nitrogen and oxygen atoms in total. The van der Waals surface area contributed by atoms with E-state index in [9.17, 15) is 4.79 Å². The third kappa shape index (κ3) is 2.46. The summed E-state index contributed by atoms with van der Waals surface area (Å²) in [6.45, 7) is 0. The van der Waals surface area contributed by atoms with Gasteiger partial charge in [-0.25, -0.2) is 0 Å². The SMILES string of the molecule is O=C1Nc2cc(Br)ccc2C1Nc1ccc(Cl)cc1. The first-order chi connectivity index (χ1) is 9.13. The van der Waals surface area contributed by atoms with Gasteiger partial charge >= 0.3 is 0 Å². The number of amides is 1. The third-order valence-corrected chi connectivity index (χ3v) is 3.75. The van der Waals surface area contributed by atoms with Gasteiger partial charge in [0.25, 0.3) is 5.91 Å². The van der Waals surface area contributed by atoms with Crippen LogP contribution in [0.25, 0.3) is 0 Å². The Bertz CT molecular complexity index is 642. The number of benzene rings is 2. The van der Waals surface area contributed by atoms with E-state index in [4.69, 9.17) is 11.6 Å². The van der Waals surface area contributed by atoms with Crippen LogP contribution < -0.4 is 10.6 Å². The Morgan fingerprint density at radius 2 is 1.89 bits per heavy atom. The summed E-state index contributed by atoms with van der Waals surface area (Å²) < 4.78 is 0.943. The highest BCUT2D eigenvalue weighted by atomic mass is 79.9. The molecule has 0 spiro atoms. The van der Waals surface area contributed by atoms with Crippen LogP contribution >= 0.6 is 27.5 Å². The van der Waals surface area contributed by atoms with Crippen LogP contribution in [0.3, 0.4) is 0 Å². The highest BCUT2D eigenvalue weighted by Gasteiger charge is 2.30. The largest absolute Gasteiger partial charge is 0.370 e. The van der Waals surface area contributed by atoms with Crippen LogP contribution in [-0.2, 0) is 4.79 Å². The second-order valence-corrected chi connectivity index (χ2v) is 5.66. The van der Waals surface area contributed by atoms with E-state index in [2.05, 4.69) is 26.6 Å². The lowest BCUT2D eigenvalue weighted by Gasteiger charge is -2.13. The minimum atomic E-state index is -0.371. The summed E-state index contributed by atoms with van der Waals surface area (Å²) in [5, 5.41) is 6.74. The number of nitrogens with one attached hydrogen (secondary N) is 2. The summed E-state index contributed by atoms with van der Waals surface area (Å²) in [4.78, 5) is 12.0. The van der Waals surface area contributed by atoms with Crippen molar-refractivity contribution in [1.82, 2.24) is 0 Å². The van der Waals surface area contributed by atoms with Gasteiger partial charge in [-0.05, 0) is 36.4 Å². The molecule has 1 aliphatic heterocycles. The fourth-order valence-corrected chi connectivity index (χ4v) is 2.58. The summed E-state index contributed by atoms with van der Waals surface area (Å²) in [5.74, 6) is -0.0527. The Labute approximate surface area is 124 Å². The standard InChI is InChI=1S/C14H10BrClN2O/c15-8-1-6-11-12(7-8)18-14(19)13(11)17-10-4-2-9(16)3-5-10/h1-7,13,17H,(H,18,19). The number of hydrogen-bond donors (Lipinski definition) is 2. The van der Waals surface area contributed by atoms with Crippen molar-refractivity contribution < 1.29 is 4.79 Å². The molecule has 1 aliphatic rings. The summed E-state index contributed by atoms with van der Waals surface area (Å²) in [6.07, 6.45) is 0. The average Bonchev–Trinajstić information content (AvgIpc) is 2.68. The zero-order valence-corrected chi connectivity index (χ0v) is 12.1. The Morgan fingerprint density at radius 1 is 1.16 bits per heavy atom. The van der Waals surface area contributed by atoms with Gasteiger partial charge in [0.2, 0.25) is 0 Å². The van der Waals surface area contributed by atoms with Gasteiger partial charge < -0.3 is 10.6 Å². The molecule has 0 saturated carbocycles. The number of anilines is 2. The molecular weight excluding hydrogens is 328 g/mol. The van der Waals surface area contributed by atoms with Crippen molar-refractivity contribution in [2.24, 2.45) is 0 Å². The van der Waals surface area contributed by atoms with Crippen LogP contribution in [0.15, 0.2) is 46.9 Å². The molecule has 5 heteroatoms. The first-order valence-electron chi connectivity index (χ1n) is 5.76. The second-order valence-electron chi connectivity index (χ2n) is 4.31. The van der Waals surface area contributed by atoms with Gasteiger partial charge in [-0.3, -0.25) is 4.79 Å². The number of hydrogen-bond acceptors (Lipinski definition) is 2. The first-order valence-corrected chi connectivity index (χ1v) is 6.93. The van der Waals surface area contributed by atoms with Crippen molar-refractivity contribution in [3.05, 3.63) is 57.5 Å². The smallest absolute Gasteiger partial charge is 0.251 e. The zero-order valence-electron chi connectivity index (χ0n) is 9.78. The minimum absolute atomic E-state index is 0.0527. The molecule has 2 N–H and O–H groups in total. The number of fused-ring (bicyclic) bond motifs is 1. The number of rotatable bonds is 2. The summed E-state index contributed by atoms with van der Waals surface area (Å²) in [6, 6.07) is 12.7. The van der Waals surface area contributed by atoms with E-state index in [1.807, 2.05) is 30.3 Å². The Morgan fingerprint density at radius 3 is 2.63 bits per heavy atom. The number of carbonyl (C=O) groups is 1. The lowest BCUT2D eigenvalue weighted by Crippen LogP contribution is -2.19. The predicted molar refractivity (Wildman–Crippen MR) is 80.6 cm³/mol. The number of carbonyl (C=O) groups excluding carboxylic acids is 1. The maximum absolute atomic E-state index is 12.0. The fourth-order valence-electron chi connectivity index (χ4n) is 2.09. The molecule has 0 saturated heterocycles. The van der Waals surface area contributed by atoms with Crippen LogP contribution in [-0.4, -0.2) is 5.91 Å². The monoisotopic (exact) mass is 336 g/mol. The van der Waals surface area contributed by atoms with Crippen LogP contribution in [0.5, 0.6) is 0 Å². The molecule has 2 aromatic carbocycles. The van der Waals surface area contributed by atoms with Gasteiger partial charge in [-0.1, -0.05) is 33.6 Å². The summed E-state index contributed by atoms with van der Waals surface area (Å²) in [7, 11) is 0. The van der Waals surface area contributed by atoms with Gasteiger partial charge in [-0.15, -0.1) is 0 Å². The molecule has 0 bridgehead atoms. The molecule has 0 aliphatic carbocycles. The molecular formula is C14H10BrClN2O. The molecule has 0 aromatic heterocycles. The third-order valence-electron chi connectivity index (χ3n) is 3.00. The fraction of sp³-hybridized carbons (Fsp3) is 0.0714. The summed E-state index contributed by atoms with van der Waals surface area (Å²) >= 11 is 9.24. The average molecular weight is 338 g/mol. The van der Waals surface area contributed by atoms with Crippen molar-refractivity contribution in [3.8, 4) is 0 Å². The molecule has 3 rings (SSSR count). The molecule has 2 aromatic rings. The molecule has 96 valence electrons. The van der Waals surface area contributed by atoms with Crippen molar-refractivity contribution in [1.29, 1.82) is 0 Å². The maximum atomic E-state index is 12.0. The van der Waals surface area contributed by atoms with Crippen molar-refractivity contribution in [3.63, 3.8) is 0 Å². The van der Waals surface area contributed by atoms with E-state index >= 15 is 0 Å². The Hall–Kier alpha value is -1.52. The minimum Gasteiger partial charge on any atom is -0.370 e. The lowest BCUT2D eigenvalue weighted by atomic mass is 10.1. The highest BCUT2D eigenvalue weighted by Crippen LogP contribution is 2.35. The lowest BCUT2D eigenvalue weighted by molar-refractivity contribution is -0.116. The molecule has 1 unspecified atom stereocenters. The Kier molecular flexibility index (Phi) is 3.21. The van der Waals surface area contributed by atoms with Crippen molar-refractivity contribution >= 4 is 44.8 Å². The van der Waals surface area contributed by atoms with Crippen molar-refractivity contribution in [2.45, 2.75) is 6.04 Å². The summed E-state index contributed by atoms with van der Waals surface area (Å²) in [5.41, 5.74) is 2.65. The van der Waals surface area contributed by atoms with E-state index in [0.717, 1.165) is 21.4 Å². The van der Waals surface area contributed by atoms with Crippen LogP contribution in [0, 0.1) is 0 Å². The van der Waals surface area contributed by atoms with Crippen LogP contribution in [0.1, 0.15) is 11.6 Å². The van der Waals surface area contributed by atoms with Gasteiger partial charge in [0.05, 0.1) is 0 Å². The Balaban J connectivity index is 1.90. The van der Waals surface area contributed by atoms with Crippen LogP contribution in [0.4, 0.5) is 11.4 Å². The van der Waals surface area contributed by atoms with E-state index in [-0.39, 0.29) is 11.9 Å². The zero-order chi connectivity index (χ0) is 13.4. The molecule has 1 atom stereocenters. The maximum Gasteiger partial charge on any atom is 0.251 e. The quantitative estimate of drug-likeness (QED) is 0.862.